The van der Waals surface area contributed by atoms with Crippen LogP contribution in [-0.4, -0.2) is 37.5 Å². The molecule has 18 heavy (non-hydrogen) atoms. The van der Waals surface area contributed by atoms with Crippen molar-refractivity contribution < 1.29 is 19.3 Å². The summed E-state index contributed by atoms with van der Waals surface area (Å²) in [5, 5.41) is 9.04. The van der Waals surface area contributed by atoms with Crippen molar-refractivity contribution in [3.8, 4) is 0 Å². The molecular formula is C14H28O4. The topological polar surface area (TPSA) is 47.9 Å². The molecule has 108 valence electrons. The first-order valence-corrected chi connectivity index (χ1v) is 7.29. The molecule has 0 aromatic heterocycles. The third kappa shape index (κ3) is 6.69. The van der Waals surface area contributed by atoms with Gasteiger partial charge in [0.05, 0.1) is 13.2 Å². The lowest BCUT2D eigenvalue weighted by atomic mass is 9.97. The highest BCUT2D eigenvalue weighted by molar-refractivity contribution is 4.62. The second-order valence-electron chi connectivity index (χ2n) is 5.09. The van der Waals surface area contributed by atoms with E-state index in [-0.39, 0.29) is 6.10 Å². The largest absolute Gasteiger partial charge is 0.378 e. The van der Waals surface area contributed by atoms with Crippen LogP contribution in [0.1, 0.15) is 52.4 Å². The van der Waals surface area contributed by atoms with Crippen LogP contribution in [0.4, 0.5) is 0 Å². The maximum absolute atomic E-state index is 9.04. The van der Waals surface area contributed by atoms with Gasteiger partial charge in [-0.1, -0.05) is 39.5 Å². The lowest BCUT2D eigenvalue weighted by Crippen LogP contribution is -2.21. The van der Waals surface area contributed by atoms with Crippen LogP contribution in [0.2, 0.25) is 0 Å². The minimum absolute atomic E-state index is 0.113. The van der Waals surface area contributed by atoms with Crippen molar-refractivity contribution in [2.24, 2.45) is 5.92 Å². The maximum atomic E-state index is 9.04. The molecule has 3 atom stereocenters. The lowest BCUT2D eigenvalue weighted by Gasteiger charge is -2.17. The molecule has 1 heterocycles. The van der Waals surface area contributed by atoms with Crippen LogP contribution < -0.4 is 0 Å². The second kappa shape index (κ2) is 9.73. The Morgan fingerprint density at radius 2 is 2.06 bits per heavy atom. The Balaban J connectivity index is 2.08. The Hall–Kier alpha value is -0.160. The zero-order chi connectivity index (χ0) is 13.2. The van der Waals surface area contributed by atoms with Gasteiger partial charge < -0.3 is 19.3 Å². The van der Waals surface area contributed by atoms with Gasteiger partial charge in [-0.25, -0.2) is 0 Å². The fourth-order valence-electron chi connectivity index (χ4n) is 2.29. The average molecular weight is 260 g/mol. The van der Waals surface area contributed by atoms with E-state index in [1.165, 1.54) is 38.5 Å². The van der Waals surface area contributed by atoms with Crippen LogP contribution in [0.15, 0.2) is 0 Å². The van der Waals surface area contributed by atoms with Gasteiger partial charge in [-0.3, -0.25) is 0 Å². The first-order chi connectivity index (χ1) is 8.76. The van der Waals surface area contributed by atoms with Crippen LogP contribution in [0.3, 0.4) is 0 Å². The highest BCUT2D eigenvalue weighted by atomic mass is 16.8. The van der Waals surface area contributed by atoms with Gasteiger partial charge in [0.2, 0.25) is 0 Å². The summed E-state index contributed by atoms with van der Waals surface area (Å²) in [6.07, 6.45) is 7.46. The number of aliphatic hydroxyl groups is 1. The summed E-state index contributed by atoms with van der Waals surface area (Å²) >= 11 is 0. The molecule has 0 aliphatic carbocycles. The van der Waals surface area contributed by atoms with Gasteiger partial charge in [0, 0.05) is 6.61 Å². The fourth-order valence-corrected chi connectivity index (χ4v) is 2.29. The van der Waals surface area contributed by atoms with Gasteiger partial charge in [0.25, 0.3) is 6.48 Å². The molecule has 0 saturated carbocycles. The summed E-state index contributed by atoms with van der Waals surface area (Å²) in [6, 6.07) is 0. The quantitative estimate of drug-likeness (QED) is 0.614. The molecule has 0 amide bonds. The van der Waals surface area contributed by atoms with E-state index in [1.807, 2.05) is 0 Å². The summed E-state index contributed by atoms with van der Waals surface area (Å²) in [5.41, 5.74) is 0. The second-order valence-corrected chi connectivity index (χ2v) is 5.09. The average Bonchev–Trinajstić information content (AvgIpc) is 2.75. The van der Waals surface area contributed by atoms with E-state index in [4.69, 9.17) is 19.3 Å². The van der Waals surface area contributed by atoms with Crippen LogP contribution in [0.5, 0.6) is 0 Å². The predicted octanol–water partition coefficient (Wildman–Crippen LogP) is 2.69. The molecule has 1 rings (SSSR count). The monoisotopic (exact) mass is 260 g/mol. The molecular weight excluding hydrogens is 232 g/mol. The van der Waals surface area contributed by atoms with Gasteiger partial charge in [-0.15, -0.1) is 0 Å². The normalized spacial score (nSPS) is 25.5. The Bertz CT molecular complexity index is 198. The van der Waals surface area contributed by atoms with Crippen LogP contribution in [-0.2, 0) is 14.2 Å². The minimum Gasteiger partial charge on any atom is -0.378 e. The molecule has 1 aliphatic heterocycles. The maximum Gasteiger partial charge on any atom is 0.269 e. The zero-order valence-electron chi connectivity index (χ0n) is 11.8. The Morgan fingerprint density at radius 1 is 1.22 bits per heavy atom. The summed E-state index contributed by atoms with van der Waals surface area (Å²) < 4.78 is 15.7. The van der Waals surface area contributed by atoms with E-state index in [1.54, 1.807) is 0 Å². The van der Waals surface area contributed by atoms with Crippen molar-refractivity contribution in [1.82, 2.24) is 0 Å². The molecule has 3 unspecified atom stereocenters. The Kier molecular flexibility index (Phi) is 8.59. The first-order valence-electron chi connectivity index (χ1n) is 7.29. The summed E-state index contributed by atoms with van der Waals surface area (Å²) in [5.74, 6) is 0.661. The van der Waals surface area contributed by atoms with Crippen molar-refractivity contribution in [3.63, 3.8) is 0 Å². The molecule has 0 aromatic carbocycles. The third-order valence-electron chi connectivity index (χ3n) is 3.30. The molecule has 4 heteroatoms. The minimum atomic E-state index is -1.06. The highest BCUT2D eigenvalue weighted by Crippen LogP contribution is 2.17. The number of aliphatic hydroxyl groups excluding tert-OH is 1. The van der Waals surface area contributed by atoms with Crippen LogP contribution >= 0.6 is 0 Å². The van der Waals surface area contributed by atoms with E-state index in [9.17, 15) is 0 Å². The van der Waals surface area contributed by atoms with E-state index in [0.717, 1.165) is 6.61 Å². The molecule has 0 aromatic rings. The van der Waals surface area contributed by atoms with Gasteiger partial charge in [-0.05, 0) is 18.8 Å². The van der Waals surface area contributed by atoms with E-state index in [2.05, 4.69) is 13.8 Å². The summed E-state index contributed by atoms with van der Waals surface area (Å²) in [4.78, 5) is 0. The van der Waals surface area contributed by atoms with Crippen molar-refractivity contribution >= 4 is 0 Å². The zero-order valence-corrected chi connectivity index (χ0v) is 11.8. The highest BCUT2D eigenvalue weighted by Gasteiger charge is 2.24. The molecule has 0 radical (unpaired) electrons. The van der Waals surface area contributed by atoms with Gasteiger partial charge in [0.1, 0.15) is 6.10 Å². The van der Waals surface area contributed by atoms with E-state index >= 15 is 0 Å². The SMILES string of the molecule is CCCCCC(CCC)COCC1COC(O)O1. The van der Waals surface area contributed by atoms with Gasteiger partial charge in [0.15, 0.2) is 0 Å². The number of unbranched alkanes of at least 4 members (excludes halogenated alkanes) is 2. The Labute approximate surface area is 111 Å². The predicted molar refractivity (Wildman–Crippen MR) is 70.2 cm³/mol. The molecule has 1 N–H and O–H groups in total. The summed E-state index contributed by atoms with van der Waals surface area (Å²) in [7, 11) is 0. The number of rotatable bonds is 10. The van der Waals surface area contributed by atoms with Crippen LogP contribution in [0.25, 0.3) is 0 Å². The number of hydrogen-bond donors (Lipinski definition) is 1. The van der Waals surface area contributed by atoms with Gasteiger partial charge >= 0.3 is 0 Å². The van der Waals surface area contributed by atoms with Crippen LogP contribution in [0, 0.1) is 5.92 Å². The Morgan fingerprint density at radius 3 is 2.67 bits per heavy atom. The molecule has 0 bridgehead atoms. The lowest BCUT2D eigenvalue weighted by molar-refractivity contribution is -0.207. The smallest absolute Gasteiger partial charge is 0.269 e. The van der Waals surface area contributed by atoms with E-state index in [0.29, 0.717) is 19.1 Å². The molecule has 1 saturated heterocycles. The molecule has 1 fully saturated rings. The number of hydrogen-bond acceptors (Lipinski definition) is 4. The van der Waals surface area contributed by atoms with Crippen molar-refractivity contribution in [3.05, 3.63) is 0 Å². The standard InChI is InChI=1S/C14H28O4/c1-3-5-6-8-12(7-4-2)9-16-10-13-11-17-14(15)18-13/h12-15H,3-11H2,1-2H3. The van der Waals surface area contributed by atoms with Crippen molar-refractivity contribution in [2.75, 3.05) is 19.8 Å². The van der Waals surface area contributed by atoms with Crippen molar-refractivity contribution in [1.29, 1.82) is 0 Å². The number of ether oxygens (including phenoxy) is 3. The third-order valence-corrected chi connectivity index (χ3v) is 3.30. The summed E-state index contributed by atoms with van der Waals surface area (Å²) in [6.45, 7) is 5.13. The molecule has 4 nitrogen and oxygen atoms in total. The molecule has 1 aliphatic rings. The van der Waals surface area contributed by atoms with E-state index < -0.39 is 6.48 Å². The van der Waals surface area contributed by atoms with Gasteiger partial charge in [-0.2, -0.15) is 0 Å². The molecule has 0 spiro atoms. The first kappa shape index (κ1) is 15.9. The fraction of sp³-hybridized carbons (Fsp3) is 1.00. The van der Waals surface area contributed by atoms with Crippen molar-refractivity contribution in [2.45, 2.75) is 65.0 Å².